The summed E-state index contributed by atoms with van der Waals surface area (Å²) in [5.74, 6) is 4.72. The van der Waals surface area contributed by atoms with Crippen LogP contribution in [-0.2, 0) is 14.7 Å². The highest BCUT2D eigenvalue weighted by atomic mass is 32.2. The van der Waals surface area contributed by atoms with Gasteiger partial charge in [-0.1, -0.05) is 17.4 Å². The first-order valence-electron chi connectivity index (χ1n) is 2.89. The monoisotopic (exact) mass is 161 g/mol. The molecular formula is C6H9O3S. The summed E-state index contributed by atoms with van der Waals surface area (Å²) in [6.07, 6.45) is 0.257. The molecule has 0 fully saturated rings. The van der Waals surface area contributed by atoms with Gasteiger partial charge in [0.25, 0.3) is 0 Å². The number of hydrogen-bond acceptors (Lipinski definition) is 2. The van der Waals surface area contributed by atoms with Gasteiger partial charge in [-0.2, -0.15) is 8.42 Å². The van der Waals surface area contributed by atoms with Gasteiger partial charge in [0, 0.05) is 0 Å². The predicted octanol–water partition coefficient (Wildman–Crippen LogP) is 0.549. The van der Waals surface area contributed by atoms with Gasteiger partial charge in [0.2, 0.25) is 0 Å². The molecule has 0 aliphatic rings. The minimum atomic E-state index is -4.20. The van der Waals surface area contributed by atoms with Crippen LogP contribution in [0.2, 0.25) is 0 Å². The van der Waals surface area contributed by atoms with Gasteiger partial charge < -0.3 is 0 Å². The van der Waals surface area contributed by atoms with Crippen LogP contribution in [0.3, 0.4) is 0 Å². The van der Waals surface area contributed by atoms with E-state index in [9.17, 15) is 13.0 Å². The molecule has 0 saturated heterocycles. The second-order valence-corrected chi connectivity index (χ2v) is 3.34. The maximum absolute atomic E-state index is 10.3. The number of rotatable bonds is 2. The SMILES string of the molecule is CC#CC(CC)S([O])(=O)=O. The molecule has 0 aliphatic carbocycles. The van der Waals surface area contributed by atoms with Gasteiger partial charge in [-0.3, -0.25) is 0 Å². The van der Waals surface area contributed by atoms with Crippen molar-refractivity contribution in [1.29, 1.82) is 0 Å². The molecule has 1 atom stereocenters. The Hall–Kier alpha value is -0.530. The summed E-state index contributed by atoms with van der Waals surface area (Å²) in [4.78, 5) is 0. The van der Waals surface area contributed by atoms with E-state index in [1.165, 1.54) is 6.92 Å². The Morgan fingerprint density at radius 2 is 2.00 bits per heavy atom. The fraction of sp³-hybridized carbons (Fsp3) is 0.667. The van der Waals surface area contributed by atoms with E-state index in [2.05, 4.69) is 11.8 Å². The molecule has 1 radical (unpaired) electrons. The molecule has 0 bridgehead atoms. The summed E-state index contributed by atoms with van der Waals surface area (Å²) in [7, 11) is -4.20. The average Bonchev–Trinajstić information content (AvgIpc) is 1.80. The summed E-state index contributed by atoms with van der Waals surface area (Å²) in [5.41, 5.74) is 0. The van der Waals surface area contributed by atoms with E-state index in [0.29, 0.717) is 0 Å². The standard InChI is InChI=1S/C6H9O3S/c1-3-5-6(4-2)10(7,8)9/h6H,4H2,1-2H3. The molecule has 0 spiro atoms. The normalized spacial score (nSPS) is 13.5. The van der Waals surface area contributed by atoms with Gasteiger partial charge in [-0.15, -0.1) is 5.92 Å². The maximum Gasteiger partial charge on any atom is 0.308 e. The highest BCUT2D eigenvalue weighted by Gasteiger charge is 2.19. The first-order chi connectivity index (χ1) is 4.52. The zero-order valence-electron chi connectivity index (χ0n) is 5.92. The van der Waals surface area contributed by atoms with Crippen molar-refractivity contribution in [3.63, 3.8) is 0 Å². The molecule has 0 aromatic heterocycles. The minimum Gasteiger partial charge on any atom is -0.196 e. The fourth-order valence-corrected chi connectivity index (χ4v) is 1.21. The Bertz CT molecular complexity index is 242. The molecule has 0 N–H and O–H groups in total. The van der Waals surface area contributed by atoms with Crippen molar-refractivity contribution in [2.24, 2.45) is 0 Å². The predicted molar refractivity (Wildman–Crippen MR) is 37.1 cm³/mol. The van der Waals surface area contributed by atoms with Crippen molar-refractivity contribution >= 4 is 10.1 Å². The summed E-state index contributed by atoms with van der Waals surface area (Å²) in [5, 5.41) is -1.03. The lowest BCUT2D eigenvalue weighted by molar-refractivity contribution is 0.407. The largest absolute Gasteiger partial charge is 0.308 e. The van der Waals surface area contributed by atoms with Crippen LogP contribution in [0.15, 0.2) is 0 Å². The van der Waals surface area contributed by atoms with Gasteiger partial charge in [0.05, 0.1) is 0 Å². The molecule has 1 unspecified atom stereocenters. The molecule has 0 aromatic carbocycles. The van der Waals surface area contributed by atoms with Crippen LogP contribution >= 0.6 is 0 Å². The third-order valence-corrected chi connectivity index (χ3v) is 2.17. The molecular weight excluding hydrogens is 152 g/mol. The highest BCUT2D eigenvalue weighted by Crippen LogP contribution is 2.01. The smallest absolute Gasteiger partial charge is 0.196 e. The molecule has 3 nitrogen and oxygen atoms in total. The lowest BCUT2D eigenvalue weighted by atomic mass is 10.3. The Morgan fingerprint density at radius 3 is 2.10 bits per heavy atom. The second-order valence-electron chi connectivity index (χ2n) is 1.78. The third-order valence-electron chi connectivity index (χ3n) is 1.02. The molecule has 0 rings (SSSR count). The van der Waals surface area contributed by atoms with Crippen molar-refractivity contribution < 1.29 is 13.0 Å². The Morgan fingerprint density at radius 1 is 1.50 bits per heavy atom. The highest BCUT2D eigenvalue weighted by molar-refractivity contribution is 7.86. The molecule has 0 aliphatic heterocycles. The van der Waals surface area contributed by atoms with Crippen molar-refractivity contribution in [2.75, 3.05) is 0 Å². The van der Waals surface area contributed by atoms with Crippen LogP contribution in [-0.4, -0.2) is 13.7 Å². The van der Waals surface area contributed by atoms with Crippen LogP contribution in [0.25, 0.3) is 0 Å². The van der Waals surface area contributed by atoms with Crippen LogP contribution in [0.1, 0.15) is 20.3 Å². The Labute approximate surface area is 61.2 Å². The van der Waals surface area contributed by atoms with E-state index in [-0.39, 0.29) is 6.42 Å². The molecule has 57 valence electrons. The van der Waals surface area contributed by atoms with Gasteiger partial charge in [-0.05, 0) is 13.3 Å². The van der Waals surface area contributed by atoms with E-state index in [1.54, 1.807) is 6.92 Å². The Balaban J connectivity index is 4.49. The van der Waals surface area contributed by atoms with Crippen LogP contribution < -0.4 is 0 Å². The summed E-state index contributed by atoms with van der Waals surface area (Å²) < 4.78 is 30.9. The molecule has 10 heavy (non-hydrogen) atoms. The van der Waals surface area contributed by atoms with Gasteiger partial charge >= 0.3 is 10.1 Å². The first kappa shape index (κ1) is 9.47. The molecule has 4 heteroatoms. The summed E-state index contributed by atoms with van der Waals surface area (Å²) in [6, 6.07) is 0. The van der Waals surface area contributed by atoms with Crippen molar-refractivity contribution in [2.45, 2.75) is 25.5 Å². The summed E-state index contributed by atoms with van der Waals surface area (Å²) in [6.45, 7) is 3.12. The van der Waals surface area contributed by atoms with Gasteiger partial charge in [-0.25, -0.2) is 0 Å². The lowest BCUT2D eigenvalue weighted by Gasteiger charge is -1.98. The molecule has 0 aromatic rings. The van der Waals surface area contributed by atoms with Crippen molar-refractivity contribution in [1.82, 2.24) is 0 Å². The topological polar surface area (TPSA) is 54.0 Å². The third kappa shape index (κ3) is 2.85. The van der Waals surface area contributed by atoms with Crippen molar-refractivity contribution in [3.8, 4) is 11.8 Å². The van der Waals surface area contributed by atoms with Crippen LogP contribution in [0.4, 0.5) is 0 Å². The van der Waals surface area contributed by atoms with E-state index in [1.807, 2.05) is 0 Å². The van der Waals surface area contributed by atoms with E-state index in [0.717, 1.165) is 0 Å². The van der Waals surface area contributed by atoms with Gasteiger partial charge in [0.15, 0.2) is 0 Å². The van der Waals surface area contributed by atoms with Crippen LogP contribution in [0.5, 0.6) is 0 Å². The zero-order valence-corrected chi connectivity index (χ0v) is 6.73. The molecule has 0 saturated carbocycles. The van der Waals surface area contributed by atoms with Crippen LogP contribution in [0, 0.1) is 11.8 Å². The minimum absolute atomic E-state index is 0.257. The quantitative estimate of drug-likeness (QED) is 0.555. The number of hydrogen-bond donors (Lipinski definition) is 0. The van der Waals surface area contributed by atoms with E-state index >= 15 is 0 Å². The Kier molecular flexibility index (Phi) is 3.40. The van der Waals surface area contributed by atoms with E-state index in [4.69, 9.17) is 0 Å². The fourth-order valence-electron chi connectivity index (χ4n) is 0.539. The maximum atomic E-state index is 10.3. The van der Waals surface area contributed by atoms with E-state index < -0.39 is 15.4 Å². The van der Waals surface area contributed by atoms with Crippen molar-refractivity contribution in [3.05, 3.63) is 0 Å². The molecule has 0 heterocycles. The second kappa shape index (κ2) is 3.59. The lowest BCUT2D eigenvalue weighted by Crippen LogP contribution is -2.15. The average molecular weight is 161 g/mol. The summed E-state index contributed by atoms with van der Waals surface area (Å²) >= 11 is 0. The first-order valence-corrected chi connectivity index (χ1v) is 4.36. The zero-order chi connectivity index (χ0) is 8.20. The van der Waals surface area contributed by atoms with Gasteiger partial charge in [0.1, 0.15) is 5.25 Å². The molecule has 0 amide bonds.